The first-order valence-corrected chi connectivity index (χ1v) is 11.1. The molecule has 1 aromatic carbocycles. The van der Waals surface area contributed by atoms with Crippen molar-refractivity contribution in [3.05, 3.63) is 29.3 Å². The summed E-state index contributed by atoms with van der Waals surface area (Å²) in [4.78, 5) is 0. The lowest BCUT2D eigenvalue weighted by molar-refractivity contribution is 0.192. The second-order valence-electron chi connectivity index (χ2n) is 8.07. The number of nitrogens with one attached hydrogen (secondary N) is 1. The second kappa shape index (κ2) is 9.20. The molecule has 26 heavy (non-hydrogen) atoms. The van der Waals surface area contributed by atoms with Crippen molar-refractivity contribution in [3.8, 4) is 5.75 Å². The fourth-order valence-electron chi connectivity index (χ4n) is 2.48. The first-order chi connectivity index (χ1) is 11.9. The van der Waals surface area contributed by atoms with Gasteiger partial charge in [0, 0.05) is 12.1 Å². The molecule has 0 amide bonds. The molecule has 5 nitrogen and oxygen atoms in total. The van der Waals surface area contributed by atoms with E-state index >= 15 is 0 Å². The molecule has 0 radical (unpaired) electrons. The highest BCUT2D eigenvalue weighted by Crippen LogP contribution is 2.38. The summed E-state index contributed by atoms with van der Waals surface area (Å²) in [5.74, 6) is 0.900. The maximum Gasteiger partial charge on any atom is 0.280 e. The molecule has 0 saturated heterocycles. The molecule has 0 aliphatic heterocycles. The van der Waals surface area contributed by atoms with Crippen LogP contribution in [0.2, 0.25) is 0 Å². The number of hydroxylamine groups is 1. The molecular weight excluding hydrogens is 350 g/mol. The predicted octanol–water partition coefficient (Wildman–Crippen LogP) is 4.31. The highest BCUT2D eigenvalue weighted by Gasteiger charge is 2.26. The van der Waals surface area contributed by atoms with Crippen LogP contribution < -0.4 is 10.2 Å². The van der Waals surface area contributed by atoms with Crippen LogP contribution in [0.25, 0.3) is 0 Å². The molecule has 1 N–H and O–H groups in total. The van der Waals surface area contributed by atoms with Crippen LogP contribution in [0.5, 0.6) is 5.75 Å². The minimum absolute atomic E-state index is 0.0206. The molecule has 0 aromatic heterocycles. The van der Waals surface area contributed by atoms with Crippen molar-refractivity contribution < 1.29 is 17.4 Å². The molecule has 1 rings (SSSR count). The van der Waals surface area contributed by atoms with E-state index in [-0.39, 0.29) is 10.8 Å². The van der Waals surface area contributed by atoms with Crippen LogP contribution >= 0.6 is 0 Å². The Balaban J connectivity index is 2.84. The fourth-order valence-corrected chi connectivity index (χ4v) is 2.77. The molecule has 0 bridgehead atoms. The first-order valence-electron chi connectivity index (χ1n) is 9.32. The van der Waals surface area contributed by atoms with Gasteiger partial charge in [0.25, 0.3) is 10.1 Å². The van der Waals surface area contributed by atoms with E-state index in [9.17, 15) is 8.42 Å². The van der Waals surface area contributed by atoms with Crippen molar-refractivity contribution in [2.24, 2.45) is 0 Å². The Kier molecular flexibility index (Phi) is 8.11. The molecule has 150 valence electrons. The van der Waals surface area contributed by atoms with Gasteiger partial charge in [-0.3, -0.25) is 0 Å². The third-order valence-corrected chi connectivity index (χ3v) is 5.57. The van der Waals surface area contributed by atoms with Crippen LogP contribution in [0, 0.1) is 0 Å². The average molecular weight is 386 g/mol. The van der Waals surface area contributed by atoms with Crippen LogP contribution in [0.3, 0.4) is 0 Å². The highest BCUT2D eigenvalue weighted by molar-refractivity contribution is 7.85. The van der Waals surface area contributed by atoms with Crippen molar-refractivity contribution in [1.82, 2.24) is 5.48 Å². The Morgan fingerprint density at radius 1 is 1.04 bits per heavy atom. The lowest BCUT2D eigenvalue weighted by atomic mass is 9.76. The quantitative estimate of drug-likeness (QED) is 0.454. The Labute approximate surface area is 159 Å². The van der Waals surface area contributed by atoms with Gasteiger partial charge in [-0.1, -0.05) is 53.7 Å². The lowest BCUT2D eigenvalue weighted by Gasteiger charge is -2.30. The molecule has 0 unspecified atom stereocenters. The molecule has 0 heterocycles. The van der Waals surface area contributed by atoms with E-state index in [1.165, 1.54) is 11.1 Å². The van der Waals surface area contributed by atoms with E-state index in [4.69, 9.17) is 4.74 Å². The van der Waals surface area contributed by atoms with Gasteiger partial charge in [-0.2, -0.15) is 18.2 Å². The van der Waals surface area contributed by atoms with Gasteiger partial charge >= 0.3 is 0 Å². The van der Waals surface area contributed by atoms with Crippen molar-refractivity contribution in [2.75, 3.05) is 19.4 Å². The normalized spacial score (nSPS) is 13.0. The van der Waals surface area contributed by atoms with E-state index in [1.54, 1.807) is 0 Å². The van der Waals surface area contributed by atoms with E-state index < -0.39 is 10.1 Å². The maximum atomic E-state index is 10.9. The van der Waals surface area contributed by atoms with Crippen molar-refractivity contribution >= 4 is 10.1 Å². The number of rotatable bonds is 11. The van der Waals surface area contributed by atoms with Gasteiger partial charge in [-0.05, 0) is 41.7 Å². The molecule has 0 fully saturated rings. The summed E-state index contributed by atoms with van der Waals surface area (Å²) in [6.45, 7) is 14.3. The number of benzene rings is 1. The Morgan fingerprint density at radius 3 is 2.19 bits per heavy atom. The molecule has 0 atom stereocenters. The summed E-state index contributed by atoms with van der Waals surface area (Å²) >= 11 is 0. The second-order valence-corrected chi connectivity index (χ2v) is 9.64. The van der Waals surface area contributed by atoms with E-state index in [1.807, 2.05) is 0 Å². The minimum Gasteiger partial charge on any atom is -0.493 e. The zero-order valence-electron chi connectivity index (χ0n) is 17.3. The fraction of sp³-hybridized carbons (Fsp3) is 0.700. The third-order valence-electron chi connectivity index (χ3n) is 5.15. The lowest BCUT2D eigenvalue weighted by Crippen LogP contribution is -2.23. The molecular formula is C20H35NO4S. The summed E-state index contributed by atoms with van der Waals surface area (Å²) in [6.07, 6.45) is 3.74. The van der Waals surface area contributed by atoms with Gasteiger partial charge in [-0.15, -0.1) is 0 Å². The summed E-state index contributed by atoms with van der Waals surface area (Å²) in [6, 6.07) is 6.51. The molecule has 1 aromatic rings. The Bertz CT molecular complexity index is 681. The standard InChI is InChI=1S/C20H35NO4S/c1-8-19(3,4)16-11-12-18(17(15-16)20(5,6)9-2)24-14-10-13-21-25-26(7,22)23/h11-12,15,21H,8-10,13-14H2,1-7H3. The molecule has 0 spiro atoms. The van der Waals surface area contributed by atoms with Crippen LogP contribution in [0.15, 0.2) is 18.2 Å². The number of hydrogen-bond donors (Lipinski definition) is 1. The molecule has 6 heteroatoms. The van der Waals surface area contributed by atoms with E-state index in [0.29, 0.717) is 19.6 Å². The Morgan fingerprint density at radius 2 is 1.65 bits per heavy atom. The number of ether oxygens (including phenoxy) is 1. The van der Waals surface area contributed by atoms with Gasteiger partial charge in [0.15, 0.2) is 0 Å². The van der Waals surface area contributed by atoms with Gasteiger partial charge in [0.2, 0.25) is 0 Å². The van der Waals surface area contributed by atoms with Crippen molar-refractivity contribution in [1.29, 1.82) is 0 Å². The molecule has 0 aliphatic rings. The summed E-state index contributed by atoms with van der Waals surface area (Å²) in [5, 5.41) is 0. The summed E-state index contributed by atoms with van der Waals surface area (Å²) in [7, 11) is -3.47. The monoisotopic (exact) mass is 385 g/mol. The van der Waals surface area contributed by atoms with Gasteiger partial charge < -0.3 is 4.74 Å². The van der Waals surface area contributed by atoms with Gasteiger partial charge in [-0.25, -0.2) is 0 Å². The smallest absolute Gasteiger partial charge is 0.280 e. The largest absolute Gasteiger partial charge is 0.493 e. The summed E-state index contributed by atoms with van der Waals surface area (Å²) in [5.41, 5.74) is 5.13. The van der Waals surface area contributed by atoms with Crippen LogP contribution in [0.4, 0.5) is 0 Å². The first kappa shape index (κ1) is 22.9. The molecule has 0 aliphatic carbocycles. The van der Waals surface area contributed by atoms with Gasteiger partial charge in [0.05, 0.1) is 12.9 Å². The maximum absolute atomic E-state index is 10.9. The molecule has 0 saturated carbocycles. The van der Waals surface area contributed by atoms with Crippen LogP contribution in [-0.2, 0) is 25.2 Å². The van der Waals surface area contributed by atoms with Crippen molar-refractivity contribution in [3.63, 3.8) is 0 Å². The zero-order valence-corrected chi connectivity index (χ0v) is 18.1. The van der Waals surface area contributed by atoms with Crippen LogP contribution in [0.1, 0.15) is 71.9 Å². The highest BCUT2D eigenvalue weighted by atomic mass is 32.2. The summed E-state index contributed by atoms with van der Waals surface area (Å²) < 4.78 is 32.3. The Hall–Kier alpha value is -1.11. The minimum atomic E-state index is -3.47. The zero-order chi connectivity index (χ0) is 20.0. The topological polar surface area (TPSA) is 64.6 Å². The average Bonchev–Trinajstić information content (AvgIpc) is 2.56. The predicted molar refractivity (Wildman–Crippen MR) is 107 cm³/mol. The van der Waals surface area contributed by atoms with Crippen LogP contribution in [-0.4, -0.2) is 27.8 Å². The van der Waals surface area contributed by atoms with E-state index in [2.05, 4.69) is 69.5 Å². The SMILES string of the molecule is CCC(C)(C)c1ccc(OCCCNOS(C)(=O)=O)c(C(C)(C)CC)c1. The van der Waals surface area contributed by atoms with Gasteiger partial charge in [0.1, 0.15) is 5.75 Å². The van der Waals surface area contributed by atoms with E-state index in [0.717, 1.165) is 24.8 Å². The third kappa shape index (κ3) is 6.89. The number of hydrogen-bond acceptors (Lipinski definition) is 5. The van der Waals surface area contributed by atoms with Crippen molar-refractivity contribution in [2.45, 2.75) is 71.6 Å².